The smallest absolute Gasteiger partial charge is 0.266 e. The minimum absolute atomic E-state index is 0.0503. The van der Waals surface area contributed by atoms with Crippen LogP contribution in [0.2, 0.25) is 5.02 Å². The molecule has 134 valence electrons. The first-order valence-electron chi connectivity index (χ1n) is 7.54. The summed E-state index contributed by atoms with van der Waals surface area (Å²) in [6, 6.07) is 3.42. The molecular formula is C18H20ClNO4S. The van der Waals surface area contributed by atoms with E-state index in [0.29, 0.717) is 31.3 Å². The lowest BCUT2D eigenvalue weighted by molar-refractivity contribution is -0.119. The molecule has 0 aliphatic rings. The van der Waals surface area contributed by atoms with Gasteiger partial charge < -0.3 is 14.5 Å². The van der Waals surface area contributed by atoms with E-state index in [0.717, 1.165) is 0 Å². The zero-order valence-electron chi connectivity index (χ0n) is 14.7. The molecule has 1 N–H and O–H groups in total. The zero-order chi connectivity index (χ0) is 18.8. The maximum Gasteiger partial charge on any atom is 0.266 e. The number of aromatic nitrogens is 1. The van der Waals surface area contributed by atoms with E-state index in [9.17, 15) is 9.59 Å². The fraction of sp³-hybridized carbons (Fsp3) is 0.333. The van der Waals surface area contributed by atoms with Gasteiger partial charge in [0.15, 0.2) is 17.3 Å². The maximum atomic E-state index is 12.1. The molecule has 0 saturated heterocycles. The van der Waals surface area contributed by atoms with Crippen LogP contribution in [0, 0.1) is 5.41 Å². The van der Waals surface area contributed by atoms with E-state index in [1.165, 1.54) is 31.6 Å². The summed E-state index contributed by atoms with van der Waals surface area (Å²) in [5.41, 5.74) is -0.0608. The van der Waals surface area contributed by atoms with Gasteiger partial charge in [0.05, 0.1) is 28.4 Å². The summed E-state index contributed by atoms with van der Waals surface area (Å²) >= 11 is 7.40. The lowest BCUT2D eigenvalue weighted by Gasteiger charge is -2.12. The van der Waals surface area contributed by atoms with Crippen LogP contribution in [0.1, 0.15) is 26.3 Å². The van der Waals surface area contributed by atoms with Crippen LogP contribution in [-0.2, 0) is 4.79 Å². The Labute approximate surface area is 154 Å². The molecule has 0 amide bonds. The molecular weight excluding hydrogens is 362 g/mol. The molecule has 2 aromatic rings. The highest BCUT2D eigenvalue weighted by molar-refractivity contribution is 7.07. The van der Waals surface area contributed by atoms with Gasteiger partial charge in [-0.15, -0.1) is 11.3 Å². The fourth-order valence-corrected chi connectivity index (χ4v) is 3.21. The van der Waals surface area contributed by atoms with Gasteiger partial charge in [0.25, 0.3) is 5.56 Å². The van der Waals surface area contributed by atoms with Crippen molar-refractivity contribution in [1.82, 2.24) is 4.98 Å². The SMILES string of the molecule is COc1cc(/C=c2/s/c(=C/C(=O)C(C)(C)C)[nH]c2=O)cc(Cl)c1OC. The van der Waals surface area contributed by atoms with E-state index in [1.807, 2.05) is 20.8 Å². The molecule has 0 fully saturated rings. The van der Waals surface area contributed by atoms with Crippen LogP contribution in [0.25, 0.3) is 12.2 Å². The van der Waals surface area contributed by atoms with E-state index in [1.54, 1.807) is 18.2 Å². The number of hydrogen-bond donors (Lipinski definition) is 1. The summed E-state index contributed by atoms with van der Waals surface area (Å²) in [6.45, 7) is 5.49. The number of benzene rings is 1. The predicted molar refractivity (Wildman–Crippen MR) is 101 cm³/mol. The summed E-state index contributed by atoms with van der Waals surface area (Å²) in [7, 11) is 3.02. The highest BCUT2D eigenvalue weighted by Gasteiger charge is 2.18. The minimum Gasteiger partial charge on any atom is -0.493 e. The van der Waals surface area contributed by atoms with Gasteiger partial charge in [-0.2, -0.15) is 0 Å². The van der Waals surface area contributed by atoms with Crippen molar-refractivity contribution in [2.45, 2.75) is 20.8 Å². The van der Waals surface area contributed by atoms with Crippen molar-refractivity contribution in [3.05, 3.63) is 42.3 Å². The van der Waals surface area contributed by atoms with E-state index in [2.05, 4.69) is 4.98 Å². The number of nitrogens with one attached hydrogen (secondary N) is 1. The average molecular weight is 382 g/mol. The number of H-pyrrole nitrogens is 1. The molecule has 0 saturated carbocycles. The first-order valence-corrected chi connectivity index (χ1v) is 8.73. The van der Waals surface area contributed by atoms with Gasteiger partial charge >= 0.3 is 0 Å². The van der Waals surface area contributed by atoms with E-state index < -0.39 is 5.41 Å². The number of rotatable bonds is 4. The molecule has 7 heteroatoms. The lowest BCUT2D eigenvalue weighted by atomic mass is 9.91. The Balaban J connectivity index is 2.54. The molecule has 0 atom stereocenters. The normalized spacial score (nSPS) is 13.2. The molecule has 0 radical (unpaired) electrons. The summed E-state index contributed by atoms with van der Waals surface area (Å²) in [4.78, 5) is 26.9. The van der Waals surface area contributed by atoms with E-state index in [4.69, 9.17) is 21.1 Å². The summed E-state index contributed by atoms with van der Waals surface area (Å²) in [6.07, 6.45) is 3.15. The Hall–Kier alpha value is -2.05. The monoisotopic (exact) mass is 381 g/mol. The number of hydrogen-bond acceptors (Lipinski definition) is 5. The highest BCUT2D eigenvalue weighted by atomic mass is 35.5. The van der Waals surface area contributed by atoms with E-state index >= 15 is 0 Å². The Morgan fingerprint density at radius 1 is 1.24 bits per heavy atom. The third kappa shape index (κ3) is 4.52. The van der Waals surface area contributed by atoms with Crippen molar-refractivity contribution in [3.8, 4) is 11.5 Å². The lowest BCUT2D eigenvalue weighted by Crippen LogP contribution is -2.22. The number of methoxy groups -OCH3 is 2. The summed E-state index contributed by atoms with van der Waals surface area (Å²) in [5.74, 6) is 0.862. The maximum absolute atomic E-state index is 12.1. The van der Waals surface area contributed by atoms with Gasteiger partial charge in [-0.1, -0.05) is 32.4 Å². The van der Waals surface area contributed by atoms with Gasteiger partial charge in [-0.25, -0.2) is 0 Å². The molecule has 1 aromatic heterocycles. The van der Waals surface area contributed by atoms with Gasteiger partial charge in [-0.3, -0.25) is 9.59 Å². The molecule has 0 aliphatic carbocycles. The number of carbonyl (C=O) groups is 1. The molecule has 2 rings (SSSR count). The molecule has 0 unspecified atom stereocenters. The largest absolute Gasteiger partial charge is 0.493 e. The molecule has 25 heavy (non-hydrogen) atoms. The van der Waals surface area contributed by atoms with E-state index in [-0.39, 0.29) is 11.3 Å². The third-order valence-electron chi connectivity index (χ3n) is 3.44. The van der Waals surface area contributed by atoms with Crippen LogP contribution in [0.5, 0.6) is 11.5 Å². The van der Waals surface area contributed by atoms with Crippen LogP contribution in [-0.4, -0.2) is 25.0 Å². The fourth-order valence-electron chi connectivity index (χ4n) is 2.03. The number of halogens is 1. The number of thiazole rings is 1. The topological polar surface area (TPSA) is 68.4 Å². The summed E-state index contributed by atoms with van der Waals surface area (Å²) in [5, 5.41) is 0.385. The number of carbonyl (C=O) groups excluding carboxylic acids is 1. The van der Waals surface area contributed by atoms with Crippen molar-refractivity contribution < 1.29 is 14.3 Å². The number of aromatic amines is 1. The molecule has 0 bridgehead atoms. The zero-order valence-corrected chi connectivity index (χ0v) is 16.3. The van der Waals surface area contributed by atoms with Crippen molar-refractivity contribution in [3.63, 3.8) is 0 Å². The van der Waals surface area contributed by atoms with Crippen molar-refractivity contribution in [2.24, 2.45) is 5.41 Å². The van der Waals surface area contributed by atoms with Crippen LogP contribution in [0.15, 0.2) is 16.9 Å². The van der Waals surface area contributed by atoms with Gasteiger partial charge in [-0.05, 0) is 23.8 Å². The minimum atomic E-state index is -0.498. The van der Waals surface area contributed by atoms with Gasteiger partial charge in [0.1, 0.15) is 0 Å². The first kappa shape index (κ1) is 19.3. The first-order chi connectivity index (χ1) is 11.7. The second kappa shape index (κ2) is 7.45. The second-order valence-electron chi connectivity index (χ2n) is 6.43. The second-order valence-corrected chi connectivity index (χ2v) is 7.92. The van der Waals surface area contributed by atoms with Crippen LogP contribution in [0.4, 0.5) is 0 Å². The van der Waals surface area contributed by atoms with Crippen molar-refractivity contribution in [1.29, 1.82) is 0 Å². The predicted octanol–water partition coefficient (Wildman–Crippen LogP) is 2.33. The Morgan fingerprint density at radius 3 is 2.48 bits per heavy atom. The third-order valence-corrected chi connectivity index (χ3v) is 4.68. The number of ether oxygens (including phenoxy) is 2. The van der Waals surface area contributed by atoms with Crippen LogP contribution < -0.4 is 24.2 Å². The molecule has 1 heterocycles. The quantitative estimate of drug-likeness (QED) is 0.882. The molecule has 0 spiro atoms. The molecule has 1 aromatic carbocycles. The highest BCUT2D eigenvalue weighted by Crippen LogP contribution is 2.36. The van der Waals surface area contributed by atoms with Crippen LogP contribution >= 0.6 is 22.9 Å². The Kier molecular flexibility index (Phi) is 5.75. The average Bonchev–Trinajstić information content (AvgIpc) is 2.85. The number of ketones is 1. The standard InChI is InChI=1S/C18H20ClNO4S/c1-18(2,3)14(21)9-15-20-17(22)13(25-15)8-10-6-11(19)16(24-5)12(7-10)23-4/h6-9H,1-5H3,(H,20,22)/b13-8+,15-9+. The van der Waals surface area contributed by atoms with Crippen molar-refractivity contribution >= 4 is 40.9 Å². The van der Waals surface area contributed by atoms with Crippen molar-refractivity contribution in [2.75, 3.05) is 14.2 Å². The molecule has 5 nitrogen and oxygen atoms in total. The Morgan fingerprint density at radius 2 is 1.92 bits per heavy atom. The van der Waals surface area contributed by atoms with Crippen LogP contribution in [0.3, 0.4) is 0 Å². The summed E-state index contributed by atoms with van der Waals surface area (Å²) < 4.78 is 11.4. The van der Waals surface area contributed by atoms with Gasteiger partial charge in [0, 0.05) is 11.5 Å². The number of Topliss-reactive ketones (excluding diaryl/α,β-unsaturated/α-hetero) is 1. The Bertz CT molecular complexity index is 966. The van der Waals surface area contributed by atoms with Gasteiger partial charge in [0.2, 0.25) is 0 Å². The molecule has 0 aliphatic heterocycles.